The summed E-state index contributed by atoms with van der Waals surface area (Å²) in [6, 6.07) is 10.6. The van der Waals surface area contributed by atoms with E-state index in [0.29, 0.717) is 6.54 Å². The maximum absolute atomic E-state index is 11.7. The molecule has 0 unspecified atom stereocenters. The number of hydrogen-bond donors (Lipinski definition) is 2. The number of nitrogens with two attached hydrogens (primary N) is 1. The molecule has 1 aliphatic heterocycles. The lowest BCUT2D eigenvalue weighted by Gasteiger charge is -2.31. The minimum Gasteiger partial charge on any atom is -0.341 e. The summed E-state index contributed by atoms with van der Waals surface area (Å²) in [6.45, 7) is 5.56. The van der Waals surface area contributed by atoms with Gasteiger partial charge in [0, 0.05) is 5.56 Å². The smallest absolute Gasteiger partial charge is 0.278 e. The molecule has 4 nitrogen and oxygen atoms in total. The van der Waals surface area contributed by atoms with Crippen molar-refractivity contribution < 1.29 is 15.0 Å². The molecular weight excluding hydrogens is 226 g/mol. The van der Waals surface area contributed by atoms with Crippen LogP contribution in [0, 0.1) is 0 Å². The molecule has 2 rings (SSSR count). The number of amides is 1. The Labute approximate surface area is 109 Å². The molecule has 0 atom stereocenters. The zero-order valence-corrected chi connectivity index (χ0v) is 11.1. The van der Waals surface area contributed by atoms with Crippen molar-refractivity contribution in [3.63, 3.8) is 0 Å². The standard InChI is InChI=1S/C14H21N3O/c1-15-11-14(18)17-9-7-16(8-10-17)12-13-5-3-2-4-6-13/h2-6,15H,7-12H2,1H3/p+2. The van der Waals surface area contributed by atoms with Gasteiger partial charge in [0.2, 0.25) is 0 Å². The second-order valence-electron chi connectivity index (χ2n) is 4.91. The van der Waals surface area contributed by atoms with Crippen molar-refractivity contribution >= 4 is 5.91 Å². The fourth-order valence-electron chi connectivity index (χ4n) is 2.44. The van der Waals surface area contributed by atoms with Crippen molar-refractivity contribution in [2.75, 3.05) is 39.8 Å². The number of quaternary nitrogens is 2. The first-order valence-electron chi connectivity index (χ1n) is 6.72. The van der Waals surface area contributed by atoms with E-state index in [1.807, 2.05) is 17.3 Å². The van der Waals surface area contributed by atoms with E-state index < -0.39 is 0 Å². The van der Waals surface area contributed by atoms with E-state index in [1.165, 1.54) is 5.56 Å². The molecule has 98 valence electrons. The maximum atomic E-state index is 11.7. The molecule has 0 spiro atoms. The Morgan fingerprint density at radius 2 is 1.94 bits per heavy atom. The van der Waals surface area contributed by atoms with Gasteiger partial charge in [0.25, 0.3) is 5.91 Å². The molecule has 0 aromatic heterocycles. The summed E-state index contributed by atoms with van der Waals surface area (Å²) >= 11 is 0. The predicted octanol–water partition coefficient (Wildman–Crippen LogP) is -1.89. The van der Waals surface area contributed by atoms with Crippen LogP contribution in [-0.4, -0.2) is 50.6 Å². The van der Waals surface area contributed by atoms with Crippen LogP contribution >= 0.6 is 0 Å². The fraction of sp³-hybridized carbons (Fsp3) is 0.500. The number of piperazine rings is 1. The van der Waals surface area contributed by atoms with E-state index in [-0.39, 0.29) is 5.91 Å². The number of carbonyl (C=O) groups is 1. The summed E-state index contributed by atoms with van der Waals surface area (Å²) in [6.07, 6.45) is 0. The van der Waals surface area contributed by atoms with Crippen LogP contribution in [-0.2, 0) is 11.3 Å². The molecule has 18 heavy (non-hydrogen) atoms. The van der Waals surface area contributed by atoms with E-state index >= 15 is 0 Å². The van der Waals surface area contributed by atoms with E-state index in [0.717, 1.165) is 32.7 Å². The highest BCUT2D eigenvalue weighted by molar-refractivity contribution is 5.77. The van der Waals surface area contributed by atoms with Gasteiger partial charge in [0.1, 0.15) is 6.54 Å². The van der Waals surface area contributed by atoms with Crippen molar-refractivity contribution in [3.05, 3.63) is 35.9 Å². The van der Waals surface area contributed by atoms with Crippen LogP contribution in [0.15, 0.2) is 30.3 Å². The van der Waals surface area contributed by atoms with Gasteiger partial charge in [0.05, 0.1) is 33.2 Å². The van der Waals surface area contributed by atoms with Gasteiger partial charge in [-0.05, 0) is 0 Å². The molecule has 1 amide bonds. The van der Waals surface area contributed by atoms with Crippen LogP contribution in [0.3, 0.4) is 0 Å². The molecule has 1 heterocycles. The highest BCUT2D eigenvalue weighted by Crippen LogP contribution is 1.96. The first-order chi connectivity index (χ1) is 8.79. The normalized spacial score (nSPS) is 16.8. The van der Waals surface area contributed by atoms with Gasteiger partial charge in [-0.15, -0.1) is 0 Å². The summed E-state index contributed by atoms with van der Waals surface area (Å²) in [7, 11) is 1.94. The monoisotopic (exact) mass is 249 g/mol. The largest absolute Gasteiger partial charge is 0.341 e. The summed E-state index contributed by atoms with van der Waals surface area (Å²) < 4.78 is 0. The van der Waals surface area contributed by atoms with E-state index in [1.54, 1.807) is 4.90 Å². The summed E-state index contributed by atoms with van der Waals surface area (Å²) in [4.78, 5) is 15.3. The quantitative estimate of drug-likeness (QED) is 0.643. The Hall–Kier alpha value is -1.39. The number of nitrogens with zero attached hydrogens (tertiary/aromatic N) is 1. The second-order valence-corrected chi connectivity index (χ2v) is 4.91. The molecular formula is C14H23N3O+2. The molecule has 0 aliphatic carbocycles. The second kappa shape index (κ2) is 6.52. The lowest BCUT2D eigenvalue weighted by atomic mass is 10.2. The van der Waals surface area contributed by atoms with Crippen molar-refractivity contribution in [3.8, 4) is 0 Å². The van der Waals surface area contributed by atoms with Crippen molar-refractivity contribution in [2.24, 2.45) is 0 Å². The van der Waals surface area contributed by atoms with Gasteiger partial charge in [-0.2, -0.15) is 0 Å². The highest BCUT2D eigenvalue weighted by Gasteiger charge is 2.23. The average molecular weight is 249 g/mol. The molecule has 1 aliphatic rings. The highest BCUT2D eigenvalue weighted by atomic mass is 16.2. The number of carbonyl (C=O) groups excluding carboxylic acids is 1. The first kappa shape index (κ1) is 13.1. The van der Waals surface area contributed by atoms with E-state index in [9.17, 15) is 4.79 Å². The van der Waals surface area contributed by atoms with Gasteiger partial charge >= 0.3 is 0 Å². The Balaban J connectivity index is 1.78. The molecule has 1 aromatic rings. The molecule has 3 N–H and O–H groups in total. The van der Waals surface area contributed by atoms with Crippen LogP contribution in [0.25, 0.3) is 0 Å². The van der Waals surface area contributed by atoms with Gasteiger partial charge in [-0.3, -0.25) is 4.79 Å². The zero-order chi connectivity index (χ0) is 12.8. The van der Waals surface area contributed by atoms with Crippen LogP contribution in [0.2, 0.25) is 0 Å². The summed E-state index contributed by atoms with van der Waals surface area (Å²) in [5.41, 5.74) is 1.38. The Kier molecular flexibility index (Phi) is 4.73. The van der Waals surface area contributed by atoms with Gasteiger partial charge in [-0.1, -0.05) is 30.3 Å². The number of likely N-dealkylation sites (N-methyl/N-ethyl adjacent to an activating group) is 1. The van der Waals surface area contributed by atoms with Crippen LogP contribution in [0.5, 0.6) is 0 Å². The third-order valence-corrected chi connectivity index (χ3v) is 3.50. The molecule has 0 saturated carbocycles. The van der Waals surface area contributed by atoms with Gasteiger partial charge in [0.15, 0.2) is 6.54 Å². The van der Waals surface area contributed by atoms with Gasteiger partial charge in [-0.25, -0.2) is 0 Å². The fourth-order valence-corrected chi connectivity index (χ4v) is 2.44. The van der Waals surface area contributed by atoms with Crippen molar-refractivity contribution in [2.45, 2.75) is 6.54 Å². The SMILES string of the molecule is C[NH2+]CC(=O)N1CC[NH+](Cc2ccccc2)CC1. The van der Waals surface area contributed by atoms with Crippen molar-refractivity contribution in [1.29, 1.82) is 0 Å². The Morgan fingerprint density at radius 3 is 2.56 bits per heavy atom. The lowest BCUT2D eigenvalue weighted by molar-refractivity contribution is -0.917. The van der Waals surface area contributed by atoms with Crippen LogP contribution < -0.4 is 10.2 Å². The van der Waals surface area contributed by atoms with E-state index in [2.05, 4.69) is 30.3 Å². The van der Waals surface area contributed by atoms with Crippen molar-refractivity contribution in [1.82, 2.24) is 4.90 Å². The first-order valence-corrected chi connectivity index (χ1v) is 6.72. The van der Waals surface area contributed by atoms with E-state index in [4.69, 9.17) is 0 Å². The summed E-state index contributed by atoms with van der Waals surface area (Å²) in [5, 5.41) is 1.94. The Morgan fingerprint density at radius 1 is 1.28 bits per heavy atom. The number of benzene rings is 1. The molecule has 1 aromatic carbocycles. The summed E-state index contributed by atoms with van der Waals surface area (Å²) in [5.74, 6) is 0.274. The third-order valence-electron chi connectivity index (χ3n) is 3.50. The maximum Gasteiger partial charge on any atom is 0.278 e. The van der Waals surface area contributed by atoms with Crippen LogP contribution in [0.1, 0.15) is 5.56 Å². The molecule has 1 fully saturated rings. The number of hydrogen-bond acceptors (Lipinski definition) is 1. The predicted molar refractivity (Wildman–Crippen MR) is 70.1 cm³/mol. The molecule has 0 radical (unpaired) electrons. The minimum absolute atomic E-state index is 0.274. The number of rotatable bonds is 4. The molecule has 4 heteroatoms. The number of nitrogens with one attached hydrogen (secondary N) is 1. The molecule has 0 bridgehead atoms. The van der Waals surface area contributed by atoms with Crippen LogP contribution in [0.4, 0.5) is 0 Å². The minimum atomic E-state index is 0.274. The molecule has 1 saturated heterocycles. The topological polar surface area (TPSA) is 41.4 Å². The van der Waals surface area contributed by atoms with Gasteiger partial charge < -0.3 is 15.1 Å². The Bertz CT molecular complexity index is 372. The zero-order valence-electron chi connectivity index (χ0n) is 11.1. The average Bonchev–Trinajstić information content (AvgIpc) is 2.41. The lowest BCUT2D eigenvalue weighted by Crippen LogP contribution is -3.13. The third kappa shape index (κ3) is 3.55.